The number of carbonyl (C=O) groups is 1. The highest BCUT2D eigenvalue weighted by atomic mass is 16.5. The fourth-order valence-corrected chi connectivity index (χ4v) is 0.666. The smallest absolute Gasteiger partial charge is 0.373 e. The van der Waals surface area contributed by atoms with Gasteiger partial charge < -0.3 is 9.94 Å². The number of oxime groups is 1. The van der Waals surface area contributed by atoms with Crippen LogP contribution in [0, 0.1) is 5.92 Å². The second kappa shape index (κ2) is 8.90. The van der Waals surface area contributed by atoms with Crippen molar-refractivity contribution in [2.75, 3.05) is 0 Å². The van der Waals surface area contributed by atoms with Gasteiger partial charge in [0, 0.05) is 5.92 Å². The van der Waals surface area contributed by atoms with E-state index in [2.05, 4.69) is 5.16 Å². The Morgan fingerprint density at radius 2 is 1.67 bits per heavy atom. The van der Waals surface area contributed by atoms with Crippen molar-refractivity contribution in [1.82, 2.24) is 0 Å². The second-order valence-electron chi connectivity index (χ2n) is 3.18. The van der Waals surface area contributed by atoms with Gasteiger partial charge in [-0.15, -0.1) is 0 Å². The zero-order valence-electron chi connectivity index (χ0n) is 9.18. The van der Waals surface area contributed by atoms with Gasteiger partial charge >= 0.3 is 12.1 Å². The Morgan fingerprint density at radius 3 is 1.87 bits per heavy atom. The normalized spacial score (nSPS) is 10.4. The summed E-state index contributed by atoms with van der Waals surface area (Å²) < 4.78 is 4.83. The van der Waals surface area contributed by atoms with Gasteiger partial charge in [-0.25, -0.2) is 4.79 Å². The highest BCUT2D eigenvalue weighted by Gasteiger charge is 2.18. The summed E-state index contributed by atoms with van der Waals surface area (Å²) in [5.41, 5.74) is 0.0590. The van der Waals surface area contributed by atoms with Crippen molar-refractivity contribution in [3.63, 3.8) is 0 Å². The Bertz CT molecular complexity index is 251. The lowest BCUT2D eigenvalue weighted by Gasteiger charge is -2.10. The third-order valence-electron chi connectivity index (χ3n) is 1.21. The molecule has 86 valence electrons. The third-order valence-corrected chi connectivity index (χ3v) is 1.21. The standard InChI is InChI=1S/C8H15NO3.CO2/c1-5(2)7(9-11)8(10)12-6(3)4;2-1-3/h5-6,11H,1-4H3;/b9-7-;. The summed E-state index contributed by atoms with van der Waals surface area (Å²) >= 11 is 0. The average Bonchev–Trinajstić information content (AvgIpc) is 2.03. The molecule has 6 heteroatoms. The predicted octanol–water partition coefficient (Wildman–Crippen LogP) is 0.841. The van der Waals surface area contributed by atoms with Crippen LogP contribution in [0.3, 0.4) is 0 Å². The SMILES string of the molecule is CC(C)OC(=O)/C(=N\O)C(C)C.O=C=O. The summed E-state index contributed by atoms with van der Waals surface area (Å²) in [5, 5.41) is 11.3. The van der Waals surface area contributed by atoms with E-state index in [1.807, 2.05) is 0 Å². The largest absolute Gasteiger partial charge is 0.458 e. The molecule has 0 aromatic heterocycles. The molecule has 0 aromatic carbocycles. The minimum absolute atomic E-state index is 0.0590. The van der Waals surface area contributed by atoms with Crippen LogP contribution in [-0.2, 0) is 19.1 Å². The molecular weight excluding hydrogens is 202 g/mol. The van der Waals surface area contributed by atoms with Gasteiger partial charge in [-0.3, -0.25) is 0 Å². The first kappa shape index (κ1) is 15.8. The van der Waals surface area contributed by atoms with Gasteiger partial charge in [-0.1, -0.05) is 19.0 Å². The van der Waals surface area contributed by atoms with Crippen LogP contribution in [0.25, 0.3) is 0 Å². The summed E-state index contributed by atoms with van der Waals surface area (Å²) in [6, 6.07) is 0. The molecule has 15 heavy (non-hydrogen) atoms. The molecule has 6 nitrogen and oxygen atoms in total. The summed E-state index contributed by atoms with van der Waals surface area (Å²) in [7, 11) is 0. The Balaban J connectivity index is 0. The molecule has 0 heterocycles. The first-order valence-corrected chi connectivity index (χ1v) is 4.32. The highest BCUT2D eigenvalue weighted by Crippen LogP contribution is 2.01. The maximum atomic E-state index is 11.1. The van der Waals surface area contributed by atoms with Crippen LogP contribution in [0.5, 0.6) is 0 Å². The van der Waals surface area contributed by atoms with Crippen LogP contribution in [-0.4, -0.2) is 29.1 Å². The van der Waals surface area contributed by atoms with Crippen molar-refractivity contribution in [3.8, 4) is 0 Å². The topological polar surface area (TPSA) is 93.0 Å². The lowest BCUT2D eigenvalue weighted by molar-refractivity contribution is -0.191. The lowest BCUT2D eigenvalue weighted by atomic mass is 10.1. The van der Waals surface area contributed by atoms with Crippen LogP contribution in [0.4, 0.5) is 0 Å². The Kier molecular flexibility index (Phi) is 9.36. The van der Waals surface area contributed by atoms with Crippen molar-refractivity contribution in [3.05, 3.63) is 0 Å². The molecular formula is C9H15NO5. The van der Waals surface area contributed by atoms with Crippen LogP contribution in [0.2, 0.25) is 0 Å². The van der Waals surface area contributed by atoms with E-state index in [1.165, 1.54) is 0 Å². The molecule has 0 aliphatic rings. The van der Waals surface area contributed by atoms with Crippen molar-refractivity contribution < 1.29 is 24.3 Å². The zero-order chi connectivity index (χ0) is 12.4. The minimum atomic E-state index is -0.553. The van der Waals surface area contributed by atoms with Crippen molar-refractivity contribution in [2.24, 2.45) is 11.1 Å². The molecule has 0 saturated carbocycles. The molecule has 1 N–H and O–H groups in total. The quantitative estimate of drug-likeness (QED) is 0.327. The van der Waals surface area contributed by atoms with Crippen molar-refractivity contribution in [1.29, 1.82) is 0 Å². The van der Waals surface area contributed by atoms with E-state index in [-0.39, 0.29) is 23.9 Å². The highest BCUT2D eigenvalue weighted by molar-refractivity contribution is 6.36. The molecule has 0 aromatic rings. The summed E-state index contributed by atoms with van der Waals surface area (Å²) in [5.74, 6) is -0.677. The number of ether oxygens (including phenoxy) is 1. The van der Waals surface area contributed by atoms with Crippen LogP contribution in [0.1, 0.15) is 27.7 Å². The van der Waals surface area contributed by atoms with Gasteiger partial charge in [0.2, 0.25) is 0 Å². The minimum Gasteiger partial charge on any atom is -0.458 e. The average molecular weight is 217 g/mol. The summed E-state index contributed by atoms with van der Waals surface area (Å²) in [4.78, 5) is 27.4. The van der Waals surface area contributed by atoms with Crippen LogP contribution >= 0.6 is 0 Å². The second-order valence-corrected chi connectivity index (χ2v) is 3.18. The first-order valence-electron chi connectivity index (χ1n) is 4.32. The predicted molar refractivity (Wildman–Crippen MR) is 50.3 cm³/mol. The molecule has 0 rings (SSSR count). The van der Waals surface area contributed by atoms with E-state index in [1.54, 1.807) is 27.7 Å². The molecule has 0 fully saturated rings. The molecule has 0 aliphatic heterocycles. The van der Waals surface area contributed by atoms with Crippen LogP contribution in [0.15, 0.2) is 5.16 Å². The van der Waals surface area contributed by atoms with Gasteiger partial charge in [0.1, 0.15) is 0 Å². The van der Waals surface area contributed by atoms with E-state index in [9.17, 15) is 4.79 Å². The maximum Gasteiger partial charge on any atom is 0.373 e. The molecule has 0 atom stereocenters. The summed E-state index contributed by atoms with van der Waals surface area (Å²) in [6.45, 7) is 7.01. The fourth-order valence-electron chi connectivity index (χ4n) is 0.666. The van der Waals surface area contributed by atoms with E-state index < -0.39 is 5.97 Å². The number of carbonyl (C=O) groups excluding carboxylic acids is 3. The monoisotopic (exact) mass is 217 g/mol. The number of rotatable bonds is 3. The maximum absolute atomic E-state index is 11.1. The number of hydrogen-bond acceptors (Lipinski definition) is 6. The van der Waals surface area contributed by atoms with Crippen molar-refractivity contribution in [2.45, 2.75) is 33.8 Å². The van der Waals surface area contributed by atoms with E-state index in [0.29, 0.717) is 0 Å². The van der Waals surface area contributed by atoms with Gasteiger partial charge in [0.05, 0.1) is 6.10 Å². The zero-order valence-corrected chi connectivity index (χ0v) is 9.18. The molecule has 0 saturated heterocycles. The third kappa shape index (κ3) is 8.64. The number of hydrogen-bond donors (Lipinski definition) is 1. The van der Waals surface area contributed by atoms with Crippen LogP contribution < -0.4 is 0 Å². The fraction of sp³-hybridized carbons (Fsp3) is 0.667. The van der Waals surface area contributed by atoms with Gasteiger partial charge in [0.25, 0.3) is 0 Å². The Morgan fingerprint density at radius 1 is 1.27 bits per heavy atom. The van der Waals surface area contributed by atoms with Crippen molar-refractivity contribution >= 4 is 17.8 Å². The molecule has 0 aliphatic carbocycles. The molecule has 0 spiro atoms. The van der Waals surface area contributed by atoms with E-state index in [4.69, 9.17) is 19.5 Å². The molecule has 0 radical (unpaired) electrons. The van der Waals surface area contributed by atoms with Gasteiger partial charge in [-0.2, -0.15) is 9.59 Å². The lowest BCUT2D eigenvalue weighted by Crippen LogP contribution is -2.25. The molecule has 0 unspecified atom stereocenters. The van der Waals surface area contributed by atoms with E-state index in [0.717, 1.165) is 0 Å². The number of esters is 1. The first-order chi connectivity index (χ1) is 6.90. The van der Waals surface area contributed by atoms with Gasteiger partial charge in [0.15, 0.2) is 5.71 Å². The summed E-state index contributed by atoms with van der Waals surface area (Å²) in [6.07, 6.45) is 0.0630. The Labute approximate surface area is 87.9 Å². The van der Waals surface area contributed by atoms with E-state index >= 15 is 0 Å². The number of nitrogens with zero attached hydrogens (tertiary/aromatic N) is 1. The van der Waals surface area contributed by atoms with Gasteiger partial charge in [-0.05, 0) is 13.8 Å². The molecule has 0 amide bonds. The Hall–Kier alpha value is -1.68. The molecule has 0 bridgehead atoms.